The van der Waals surface area contributed by atoms with E-state index in [1.165, 1.54) is 0 Å². The molecule has 0 heterocycles. The quantitative estimate of drug-likeness (QED) is 0.783. The number of hydrogen-bond donors (Lipinski definition) is 2. The van der Waals surface area contributed by atoms with E-state index in [2.05, 4.69) is 0 Å². The van der Waals surface area contributed by atoms with Gasteiger partial charge in [-0.15, -0.1) is 0 Å². The van der Waals surface area contributed by atoms with E-state index in [-0.39, 0.29) is 0 Å². The first-order valence-corrected chi connectivity index (χ1v) is 6.60. The predicted octanol–water partition coefficient (Wildman–Crippen LogP) is 0.738. The zero-order valence-electron chi connectivity index (χ0n) is 8.63. The second-order valence-electron chi connectivity index (χ2n) is 3.90. The first-order valence-electron chi connectivity index (χ1n) is 5.05. The fraction of sp³-hybridized carbons (Fsp3) is 1.00. The molecule has 1 fully saturated rings. The van der Waals surface area contributed by atoms with E-state index in [9.17, 15) is 21.6 Å². The molecular formula is C8H15F3N2O2S. The van der Waals surface area contributed by atoms with Crippen molar-refractivity contribution in [1.82, 2.24) is 4.72 Å². The van der Waals surface area contributed by atoms with Gasteiger partial charge in [0.25, 0.3) is 0 Å². The Labute approximate surface area is 92.4 Å². The van der Waals surface area contributed by atoms with Gasteiger partial charge in [-0.2, -0.15) is 13.2 Å². The lowest BCUT2D eigenvalue weighted by Gasteiger charge is -2.22. The molecule has 16 heavy (non-hydrogen) atoms. The van der Waals surface area contributed by atoms with Gasteiger partial charge in [0.15, 0.2) is 0 Å². The molecule has 0 aromatic heterocycles. The van der Waals surface area contributed by atoms with Gasteiger partial charge in [-0.05, 0) is 12.8 Å². The highest BCUT2D eigenvalue weighted by Crippen LogP contribution is 2.26. The minimum absolute atomic E-state index is 0.421. The summed E-state index contributed by atoms with van der Waals surface area (Å²) in [5.74, 6) is 0. The van der Waals surface area contributed by atoms with E-state index in [0.29, 0.717) is 12.8 Å². The van der Waals surface area contributed by atoms with Gasteiger partial charge in [0.2, 0.25) is 10.0 Å². The van der Waals surface area contributed by atoms with Crippen molar-refractivity contribution in [2.75, 3.05) is 6.54 Å². The normalized spacial score (nSPS) is 21.2. The highest BCUT2D eigenvalue weighted by atomic mass is 32.2. The Hall–Kier alpha value is -0.340. The van der Waals surface area contributed by atoms with E-state index in [1.807, 2.05) is 0 Å². The third-order valence-electron chi connectivity index (χ3n) is 2.68. The molecule has 96 valence electrons. The summed E-state index contributed by atoms with van der Waals surface area (Å²) in [5, 5.41) is -0.705. The van der Waals surface area contributed by atoms with Crippen molar-refractivity contribution in [2.45, 2.75) is 43.2 Å². The number of nitrogens with two attached hydrogens (primary N) is 1. The molecule has 0 amide bonds. The van der Waals surface area contributed by atoms with Crippen LogP contribution in [-0.2, 0) is 10.0 Å². The second kappa shape index (κ2) is 4.89. The van der Waals surface area contributed by atoms with Gasteiger partial charge in [0, 0.05) is 6.54 Å². The number of halogens is 3. The number of sulfonamides is 1. The number of alkyl halides is 3. The smallest absolute Gasteiger partial charge is 0.329 e. The topological polar surface area (TPSA) is 72.2 Å². The molecule has 0 saturated heterocycles. The van der Waals surface area contributed by atoms with Crippen LogP contribution < -0.4 is 10.5 Å². The monoisotopic (exact) mass is 260 g/mol. The van der Waals surface area contributed by atoms with Gasteiger partial charge in [0.1, 0.15) is 6.04 Å². The average molecular weight is 260 g/mol. The third kappa shape index (κ3) is 3.33. The zero-order chi connectivity index (χ0) is 12.4. The number of rotatable bonds is 4. The maximum absolute atomic E-state index is 12.3. The van der Waals surface area contributed by atoms with Crippen LogP contribution in [0.1, 0.15) is 25.7 Å². The average Bonchev–Trinajstić information content (AvgIpc) is 2.65. The molecule has 0 bridgehead atoms. The molecule has 1 unspecified atom stereocenters. The Morgan fingerprint density at radius 1 is 1.31 bits per heavy atom. The molecule has 0 aliphatic heterocycles. The molecule has 1 aliphatic carbocycles. The molecule has 0 radical (unpaired) electrons. The Morgan fingerprint density at radius 2 is 1.81 bits per heavy atom. The minimum atomic E-state index is -4.64. The van der Waals surface area contributed by atoms with Crippen LogP contribution in [0.3, 0.4) is 0 Å². The predicted molar refractivity (Wildman–Crippen MR) is 53.2 cm³/mol. The molecule has 0 aromatic carbocycles. The van der Waals surface area contributed by atoms with E-state index in [4.69, 9.17) is 5.73 Å². The minimum Gasteiger partial charge on any atom is -0.329 e. The van der Waals surface area contributed by atoms with Gasteiger partial charge in [0.05, 0.1) is 5.25 Å². The van der Waals surface area contributed by atoms with Crippen LogP contribution in [-0.4, -0.2) is 32.4 Å². The molecule has 0 aromatic rings. The summed E-state index contributed by atoms with van der Waals surface area (Å²) in [4.78, 5) is 0. The summed E-state index contributed by atoms with van der Waals surface area (Å²) in [6, 6.07) is -2.18. The van der Waals surface area contributed by atoms with Gasteiger partial charge < -0.3 is 5.73 Å². The van der Waals surface area contributed by atoms with Crippen LogP contribution >= 0.6 is 0 Å². The highest BCUT2D eigenvalue weighted by molar-refractivity contribution is 7.90. The maximum atomic E-state index is 12.3. The lowest BCUT2D eigenvalue weighted by Crippen LogP contribution is -2.51. The van der Waals surface area contributed by atoms with Gasteiger partial charge in [-0.1, -0.05) is 12.8 Å². The van der Waals surface area contributed by atoms with Crippen molar-refractivity contribution < 1.29 is 21.6 Å². The summed E-state index contributed by atoms with van der Waals surface area (Å²) in [6.45, 7) is -0.782. The molecule has 8 heteroatoms. The standard InChI is InChI=1S/C8H15F3N2O2S/c9-8(10,11)7(5-12)13-16(14,15)6-3-1-2-4-6/h6-7,13H,1-5,12H2. The highest BCUT2D eigenvalue weighted by Gasteiger charge is 2.42. The fourth-order valence-corrected chi connectivity index (χ4v) is 3.51. The lowest BCUT2D eigenvalue weighted by molar-refractivity contribution is -0.148. The van der Waals surface area contributed by atoms with Crippen LogP contribution in [0.4, 0.5) is 13.2 Å². The molecule has 1 atom stereocenters. The Balaban J connectivity index is 2.70. The van der Waals surface area contributed by atoms with Crippen molar-refractivity contribution in [1.29, 1.82) is 0 Å². The van der Waals surface area contributed by atoms with Gasteiger partial charge >= 0.3 is 6.18 Å². The molecular weight excluding hydrogens is 245 g/mol. The second-order valence-corrected chi connectivity index (χ2v) is 5.89. The Bertz CT molecular complexity index is 323. The van der Waals surface area contributed by atoms with Crippen LogP contribution in [0.2, 0.25) is 0 Å². The first-order chi connectivity index (χ1) is 7.27. The summed E-state index contributed by atoms with van der Waals surface area (Å²) < 4.78 is 61.8. The largest absolute Gasteiger partial charge is 0.406 e. The van der Waals surface area contributed by atoms with E-state index >= 15 is 0 Å². The van der Waals surface area contributed by atoms with Crippen LogP contribution in [0.5, 0.6) is 0 Å². The Kier molecular flexibility index (Phi) is 4.19. The van der Waals surface area contributed by atoms with E-state index < -0.39 is 34.0 Å². The molecule has 1 rings (SSSR count). The van der Waals surface area contributed by atoms with Gasteiger partial charge in [-0.3, -0.25) is 0 Å². The molecule has 1 saturated carbocycles. The zero-order valence-corrected chi connectivity index (χ0v) is 9.44. The molecule has 4 nitrogen and oxygen atoms in total. The Morgan fingerprint density at radius 3 is 2.19 bits per heavy atom. The summed E-state index contributed by atoms with van der Waals surface area (Å²) in [5.41, 5.74) is 4.92. The van der Waals surface area contributed by atoms with E-state index in [0.717, 1.165) is 12.8 Å². The van der Waals surface area contributed by atoms with Crippen molar-refractivity contribution in [2.24, 2.45) is 5.73 Å². The summed E-state index contributed by atoms with van der Waals surface area (Å²) in [7, 11) is -3.90. The molecule has 1 aliphatic rings. The van der Waals surface area contributed by atoms with Crippen LogP contribution in [0, 0.1) is 0 Å². The fourth-order valence-electron chi connectivity index (χ4n) is 1.74. The van der Waals surface area contributed by atoms with Crippen molar-refractivity contribution >= 4 is 10.0 Å². The molecule has 3 N–H and O–H groups in total. The van der Waals surface area contributed by atoms with Crippen LogP contribution in [0.25, 0.3) is 0 Å². The number of nitrogens with one attached hydrogen (secondary N) is 1. The van der Waals surface area contributed by atoms with Crippen LogP contribution in [0.15, 0.2) is 0 Å². The lowest BCUT2D eigenvalue weighted by atomic mass is 10.3. The number of hydrogen-bond acceptors (Lipinski definition) is 3. The van der Waals surface area contributed by atoms with Crippen molar-refractivity contribution in [3.8, 4) is 0 Å². The molecule has 0 spiro atoms. The van der Waals surface area contributed by atoms with Crippen molar-refractivity contribution in [3.63, 3.8) is 0 Å². The van der Waals surface area contributed by atoms with Gasteiger partial charge in [-0.25, -0.2) is 13.1 Å². The van der Waals surface area contributed by atoms with E-state index in [1.54, 1.807) is 4.72 Å². The van der Waals surface area contributed by atoms with Crippen molar-refractivity contribution in [3.05, 3.63) is 0 Å². The summed E-state index contributed by atoms with van der Waals surface area (Å²) >= 11 is 0. The first kappa shape index (κ1) is 13.7. The maximum Gasteiger partial charge on any atom is 0.406 e. The summed E-state index contributed by atoms with van der Waals surface area (Å²) in [6.07, 6.45) is -2.31. The SMILES string of the molecule is NCC(NS(=O)(=O)C1CCCC1)C(F)(F)F. The third-order valence-corrected chi connectivity index (χ3v) is 4.64.